The second kappa shape index (κ2) is 2.98. The van der Waals surface area contributed by atoms with Gasteiger partial charge in [-0.3, -0.25) is 0 Å². The van der Waals surface area contributed by atoms with Gasteiger partial charge >= 0.3 is 5.97 Å². The first-order chi connectivity index (χ1) is 4.91. The van der Waals surface area contributed by atoms with Gasteiger partial charge in [0, 0.05) is 0 Å². The molecular weight excluding hydrogens is 214 g/mol. The molecule has 0 spiro atoms. The monoisotopic (exact) mass is 218 g/mol. The van der Waals surface area contributed by atoms with Crippen molar-refractivity contribution >= 4 is 40.8 Å². The van der Waals surface area contributed by atoms with Gasteiger partial charge in [-0.25, -0.2) is 4.79 Å². The number of hydrogen-bond acceptors (Lipinski definition) is 3. The van der Waals surface area contributed by atoms with Crippen LogP contribution in [0, 0.1) is 0 Å². The van der Waals surface area contributed by atoms with Crippen LogP contribution < -0.4 is 0 Å². The Bertz CT molecular complexity index is 176. The van der Waals surface area contributed by atoms with Crippen LogP contribution in [0.2, 0.25) is 0 Å². The summed E-state index contributed by atoms with van der Waals surface area (Å²) >= 11 is 16.2. The summed E-state index contributed by atoms with van der Waals surface area (Å²) in [5.74, 6) is -0.513. The van der Waals surface area contributed by atoms with E-state index in [0.717, 1.165) is 0 Å². The van der Waals surface area contributed by atoms with Gasteiger partial charge in [0.25, 0.3) is 10.1 Å². The molecule has 0 bridgehead atoms. The molecule has 3 nitrogen and oxygen atoms in total. The van der Waals surface area contributed by atoms with Crippen LogP contribution in [-0.4, -0.2) is 22.2 Å². The lowest BCUT2D eigenvalue weighted by molar-refractivity contribution is -0.143. The predicted molar refractivity (Wildman–Crippen MR) is 40.7 cm³/mol. The highest BCUT2D eigenvalue weighted by atomic mass is 35.6. The van der Waals surface area contributed by atoms with Crippen molar-refractivity contribution in [3.63, 3.8) is 0 Å². The molecule has 2 atom stereocenters. The third-order valence-corrected chi connectivity index (χ3v) is 1.68. The van der Waals surface area contributed by atoms with E-state index in [4.69, 9.17) is 39.5 Å². The fraction of sp³-hybridized carbons (Fsp3) is 0.800. The summed E-state index contributed by atoms with van der Waals surface area (Å²) in [7, 11) is 0. The van der Waals surface area contributed by atoms with Crippen molar-refractivity contribution in [1.82, 2.24) is 0 Å². The molecule has 6 heteroatoms. The molecule has 0 amide bonds. The van der Waals surface area contributed by atoms with Crippen molar-refractivity contribution in [3.05, 3.63) is 0 Å². The number of ether oxygens (including phenoxy) is 2. The number of rotatable bonds is 0. The molecule has 64 valence electrons. The van der Waals surface area contributed by atoms with Gasteiger partial charge < -0.3 is 9.47 Å². The zero-order valence-electron chi connectivity index (χ0n) is 5.51. The minimum Gasteiger partial charge on any atom is -0.429 e. The highest BCUT2D eigenvalue weighted by molar-refractivity contribution is 6.68. The third kappa shape index (κ3) is 2.12. The van der Waals surface area contributed by atoms with Gasteiger partial charge in [0.15, 0.2) is 6.10 Å². The summed E-state index contributed by atoms with van der Waals surface area (Å²) in [6.45, 7) is 1.53. The largest absolute Gasteiger partial charge is 0.429 e. The molecule has 0 aromatic carbocycles. The maximum atomic E-state index is 10.7. The molecule has 0 radical (unpaired) electrons. The molecule has 1 aliphatic rings. The molecule has 11 heavy (non-hydrogen) atoms. The van der Waals surface area contributed by atoms with E-state index in [2.05, 4.69) is 4.74 Å². The van der Waals surface area contributed by atoms with Crippen molar-refractivity contribution < 1.29 is 14.3 Å². The summed E-state index contributed by atoms with van der Waals surface area (Å²) in [5, 5.41) is 0. The number of carbonyl (C=O) groups excluding carboxylic acids is 1. The molecule has 1 saturated heterocycles. The molecule has 0 aromatic rings. The molecule has 0 aliphatic carbocycles. The van der Waals surface area contributed by atoms with E-state index >= 15 is 0 Å². The number of alkyl halides is 3. The van der Waals surface area contributed by atoms with Crippen LogP contribution in [-0.2, 0) is 14.3 Å². The van der Waals surface area contributed by atoms with Gasteiger partial charge in [-0.1, -0.05) is 34.8 Å². The second-order valence-electron chi connectivity index (χ2n) is 2.09. The molecule has 1 aliphatic heterocycles. The van der Waals surface area contributed by atoms with Crippen molar-refractivity contribution in [1.29, 1.82) is 0 Å². The first-order valence-electron chi connectivity index (χ1n) is 2.84. The molecule has 0 N–H and O–H groups in total. The van der Waals surface area contributed by atoms with Gasteiger partial charge in [0.1, 0.15) is 0 Å². The van der Waals surface area contributed by atoms with Crippen LogP contribution >= 0.6 is 34.8 Å². The summed E-state index contributed by atoms with van der Waals surface area (Å²) in [4.78, 5) is 10.7. The quantitative estimate of drug-likeness (QED) is 0.459. The van der Waals surface area contributed by atoms with Crippen molar-refractivity contribution in [2.75, 3.05) is 0 Å². The standard InChI is InChI=1S/C5H5Cl3O3/c1-2-3(9)11-4(10-2)5(6,7)8/h2,4H,1H3. The minimum atomic E-state index is -1.71. The average Bonchev–Trinajstić information content (AvgIpc) is 2.11. The van der Waals surface area contributed by atoms with Gasteiger partial charge in [-0.05, 0) is 6.92 Å². The van der Waals surface area contributed by atoms with Crippen LogP contribution in [0.3, 0.4) is 0 Å². The molecule has 1 rings (SSSR count). The lowest BCUT2D eigenvalue weighted by atomic mass is 10.4. The Balaban J connectivity index is 2.61. The zero-order chi connectivity index (χ0) is 8.65. The highest BCUT2D eigenvalue weighted by Gasteiger charge is 2.44. The average molecular weight is 219 g/mol. The Morgan fingerprint density at radius 3 is 2.18 bits per heavy atom. The van der Waals surface area contributed by atoms with Gasteiger partial charge in [-0.2, -0.15) is 0 Å². The predicted octanol–water partition coefficient (Wildman–Crippen LogP) is 1.64. The van der Waals surface area contributed by atoms with Crippen LogP contribution in [0.5, 0.6) is 0 Å². The fourth-order valence-electron chi connectivity index (χ4n) is 0.614. The number of esters is 1. The summed E-state index contributed by atoms with van der Waals surface area (Å²) in [6, 6.07) is 0. The first kappa shape index (κ1) is 9.39. The lowest BCUT2D eigenvalue weighted by Crippen LogP contribution is -2.26. The van der Waals surface area contributed by atoms with E-state index < -0.39 is 22.2 Å². The van der Waals surface area contributed by atoms with E-state index in [1.165, 1.54) is 6.92 Å². The molecule has 0 saturated carbocycles. The third-order valence-electron chi connectivity index (χ3n) is 1.15. The molecule has 0 aromatic heterocycles. The van der Waals surface area contributed by atoms with Crippen LogP contribution in [0.25, 0.3) is 0 Å². The molecular formula is C5H5Cl3O3. The SMILES string of the molecule is CC1OC(C(Cl)(Cl)Cl)OC1=O. The maximum absolute atomic E-state index is 10.7. The van der Waals surface area contributed by atoms with Gasteiger partial charge in [0.2, 0.25) is 0 Å². The molecule has 2 unspecified atom stereocenters. The Morgan fingerprint density at radius 1 is 1.45 bits per heavy atom. The number of carbonyl (C=O) groups is 1. The first-order valence-corrected chi connectivity index (χ1v) is 3.97. The lowest BCUT2D eigenvalue weighted by Gasteiger charge is -2.16. The molecule has 1 fully saturated rings. The van der Waals surface area contributed by atoms with Crippen LogP contribution in [0.4, 0.5) is 0 Å². The smallest absolute Gasteiger partial charge is 0.337 e. The number of hydrogen-bond donors (Lipinski definition) is 0. The van der Waals surface area contributed by atoms with Crippen molar-refractivity contribution in [2.24, 2.45) is 0 Å². The topological polar surface area (TPSA) is 35.5 Å². The van der Waals surface area contributed by atoms with E-state index in [1.54, 1.807) is 0 Å². The minimum absolute atomic E-state index is 0.513. The van der Waals surface area contributed by atoms with Crippen molar-refractivity contribution in [3.8, 4) is 0 Å². The Labute approximate surface area is 78.5 Å². The van der Waals surface area contributed by atoms with Crippen LogP contribution in [0.1, 0.15) is 6.92 Å². The van der Waals surface area contributed by atoms with E-state index in [1.807, 2.05) is 0 Å². The normalized spacial score (nSPS) is 32.2. The summed E-state index contributed by atoms with van der Waals surface area (Å²) < 4.78 is 7.74. The highest BCUT2D eigenvalue weighted by Crippen LogP contribution is 2.36. The van der Waals surface area contributed by atoms with E-state index in [9.17, 15) is 4.79 Å². The van der Waals surface area contributed by atoms with E-state index in [0.29, 0.717) is 0 Å². The number of halogens is 3. The zero-order valence-corrected chi connectivity index (χ0v) is 7.78. The Hall–Kier alpha value is 0.300. The second-order valence-corrected chi connectivity index (χ2v) is 4.46. The molecule has 1 heterocycles. The van der Waals surface area contributed by atoms with Crippen LogP contribution in [0.15, 0.2) is 0 Å². The van der Waals surface area contributed by atoms with Crippen molar-refractivity contribution in [2.45, 2.75) is 23.1 Å². The number of cyclic esters (lactones) is 1. The summed E-state index contributed by atoms with van der Waals surface area (Å²) in [5.41, 5.74) is 0. The Kier molecular flexibility index (Phi) is 2.54. The summed E-state index contributed by atoms with van der Waals surface area (Å²) in [6.07, 6.45) is -1.74. The Morgan fingerprint density at radius 2 is 2.00 bits per heavy atom. The van der Waals surface area contributed by atoms with Gasteiger partial charge in [0.05, 0.1) is 0 Å². The van der Waals surface area contributed by atoms with E-state index in [-0.39, 0.29) is 0 Å². The van der Waals surface area contributed by atoms with Gasteiger partial charge in [-0.15, -0.1) is 0 Å². The fourth-order valence-corrected chi connectivity index (χ4v) is 0.902. The maximum Gasteiger partial charge on any atom is 0.337 e.